The fourth-order valence-corrected chi connectivity index (χ4v) is 2.65. The van der Waals surface area contributed by atoms with E-state index in [4.69, 9.17) is 4.74 Å². The molecule has 1 aromatic carbocycles. The largest absolute Gasteiger partial charge is 0.481 e. The molecule has 0 saturated heterocycles. The van der Waals surface area contributed by atoms with E-state index in [9.17, 15) is 14.0 Å². The minimum Gasteiger partial charge on any atom is -0.481 e. The lowest BCUT2D eigenvalue weighted by Gasteiger charge is -2.08. The highest BCUT2D eigenvalue weighted by molar-refractivity contribution is 9.11. The van der Waals surface area contributed by atoms with E-state index in [-0.39, 0.29) is 5.75 Å². The van der Waals surface area contributed by atoms with Crippen molar-refractivity contribution in [3.05, 3.63) is 50.9 Å². The summed E-state index contributed by atoms with van der Waals surface area (Å²) in [7, 11) is 0. The number of carbonyl (C=O) groups is 2. The van der Waals surface area contributed by atoms with E-state index < -0.39 is 24.2 Å². The first-order chi connectivity index (χ1) is 10.1. The van der Waals surface area contributed by atoms with Crippen LogP contribution in [0.2, 0.25) is 0 Å². The Labute approximate surface area is 132 Å². The normalized spacial score (nSPS) is 10.0. The topological polar surface area (TPSA) is 67.4 Å². The van der Waals surface area contributed by atoms with Crippen LogP contribution in [0.1, 0.15) is 9.67 Å². The summed E-state index contributed by atoms with van der Waals surface area (Å²) in [4.78, 5) is 23.6. The predicted octanol–water partition coefficient (Wildman–Crippen LogP) is 2.49. The van der Waals surface area contributed by atoms with Crippen molar-refractivity contribution in [3.8, 4) is 5.75 Å². The summed E-state index contributed by atoms with van der Waals surface area (Å²) in [5, 5.41) is 0. The zero-order valence-corrected chi connectivity index (χ0v) is 13.0. The lowest BCUT2D eigenvalue weighted by atomic mass is 10.3. The third-order valence-electron chi connectivity index (χ3n) is 2.31. The highest BCUT2D eigenvalue weighted by atomic mass is 79.9. The Morgan fingerprint density at radius 1 is 1.19 bits per heavy atom. The van der Waals surface area contributed by atoms with Gasteiger partial charge in [-0.2, -0.15) is 0 Å². The average molecular weight is 373 g/mol. The Morgan fingerprint density at radius 2 is 1.95 bits per heavy atom. The number of ether oxygens (including phenoxy) is 1. The number of carbonyl (C=O) groups excluding carboxylic acids is 2. The standard InChI is InChI=1S/C13H10BrFN2O3S/c14-11-6-5-10(21-11)13(19)17-16-12(18)7-20-9-4-2-1-3-8(9)15/h1-6H,7H2,(H,16,18)(H,17,19). The highest BCUT2D eigenvalue weighted by Gasteiger charge is 2.10. The molecule has 0 aliphatic rings. The van der Waals surface area contributed by atoms with Gasteiger partial charge in [0.15, 0.2) is 18.2 Å². The molecule has 2 aromatic rings. The minimum atomic E-state index is -0.595. The molecule has 0 unspecified atom stereocenters. The SMILES string of the molecule is O=C(COc1ccccc1F)NNC(=O)c1ccc(Br)s1. The van der Waals surface area contributed by atoms with Crippen LogP contribution in [0.4, 0.5) is 4.39 Å². The summed E-state index contributed by atoms with van der Waals surface area (Å²) >= 11 is 4.47. The first-order valence-corrected chi connectivity index (χ1v) is 7.39. The molecule has 2 N–H and O–H groups in total. The molecule has 0 bridgehead atoms. The zero-order chi connectivity index (χ0) is 15.2. The second kappa shape index (κ2) is 7.19. The van der Waals surface area contributed by atoms with Crippen LogP contribution in [0.5, 0.6) is 5.75 Å². The van der Waals surface area contributed by atoms with Gasteiger partial charge in [-0.15, -0.1) is 11.3 Å². The quantitative estimate of drug-likeness (QED) is 0.810. The molecular weight excluding hydrogens is 363 g/mol. The molecule has 0 fully saturated rings. The maximum Gasteiger partial charge on any atom is 0.279 e. The van der Waals surface area contributed by atoms with Crippen molar-refractivity contribution in [3.63, 3.8) is 0 Å². The van der Waals surface area contributed by atoms with E-state index in [2.05, 4.69) is 26.8 Å². The molecule has 2 rings (SSSR count). The minimum absolute atomic E-state index is 0.0267. The first-order valence-electron chi connectivity index (χ1n) is 5.78. The molecule has 0 aliphatic carbocycles. The number of amides is 2. The monoisotopic (exact) mass is 372 g/mol. The fraction of sp³-hybridized carbons (Fsp3) is 0.0769. The second-order valence-electron chi connectivity index (χ2n) is 3.83. The summed E-state index contributed by atoms with van der Waals surface area (Å²) < 4.78 is 19.1. The summed E-state index contributed by atoms with van der Waals surface area (Å²) in [5.41, 5.74) is 4.43. The van der Waals surface area contributed by atoms with Crippen LogP contribution in [0.25, 0.3) is 0 Å². The number of hydrogen-bond donors (Lipinski definition) is 2. The molecule has 1 heterocycles. The molecule has 21 heavy (non-hydrogen) atoms. The Morgan fingerprint density at radius 3 is 2.62 bits per heavy atom. The van der Waals surface area contributed by atoms with Crippen LogP contribution in [-0.4, -0.2) is 18.4 Å². The van der Waals surface area contributed by atoms with Gasteiger partial charge in [0.1, 0.15) is 0 Å². The summed E-state index contributed by atoms with van der Waals surface area (Å²) in [6.07, 6.45) is 0. The lowest BCUT2D eigenvalue weighted by Crippen LogP contribution is -2.43. The Bertz CT molecular complexity index is 662. The third kappa shape index (κ3) is 4.54. The van der Waals surface area contributed by atoms with Crippen LogP contribution in [0.15, 0.2) is 40.2 Å². The summed E-state index contributed by atoms with van der Waals surface area (Å²) in [6, 6.07) is 9.08. The van der Waals surface area contributed by atoms with Gasteiger partial charge in [0, 0.05) is 0 Å². The van der Waals surface area contributed by atoms with Crippen molar-refractivity contribution < 1.29 is 18.7 Å². The molecule has 0 atom stereocenters. The number of halogens is 2. The first kappa shape index (κ1) is 15.5. The molecule has 2 amide bonds. The number of hydrogen-bond acceptors (Lipinski definition) is 4. The molecule has 8 heteroatoms. The van der Waals surface area contributed by atoms with Crippen molar-refractivity contribution in [2.75, 3.05) is 6.61 Å². The van der Waals surface area contributed by atoms with E-state index in [1.807, 2.05) is 0 Å². The molecule has 0 saturated carbocycles. The van der Waals surface area contributed by atoms with Gasteiger partial charge >= 0.3 is 0 Å². The van der Waals surface area contributed by atoms with Crippen molar-refractivity contribution in [1.82, 2.24) is 10.9 Å². The Hall–Kier alpha value is -1.93. The van der Waals surface area contributed by atoms with Crippen LogP contribution in [0, 0.1) is 5.82 Å². The molecule has 0 radical (unpaired) electrons. The lowest BCUT2D eigenvalue weighted by molar-refractivity contribution is -0.123. The van der Waals surface area contributed by atoms with Crippen LogP contribution < -0.4 is 15.6 Å². The third-order valence-corrected chi connectivity index (χ3v) is 3.93. The molecular formula is C13H10BrFN2O3S. The maximum atomic E-state index is 13.2. The average Bonchev–Trinajstić information content (AvgIpc) is 2.90. The van der Waals surface area contributed by atoms with Crippen molar-refractivity contribution >= 4 is 39.1 Å². The maximum absolute atomic E-state index is 13.2. The number of thiophene rings is 1. The van der Waals surface area contributed by atoms with Gasteiger partial charge in [-0.05, 0) is 40.2 Å². The molecule has 110 valence electrons. The molecule has 0 spiro atoms. The molecule has 1 aromatic heterocycles. The second-order valence-corrected chi connectivity index (χ2v) is 6.29. The van der Waals surface area contributed by atoms with E-state index in [0.717, 1.165) is 3.79 Å². The van der Waals surface area contributed by atoms with E-state index >= 15 is 0 Å². The van der Waals surface area contributed by atoms with Gasteiger partial charge in [-0.3, -0.25) is 20.4 Å². The fourth-order valence-electron chi connectivity index (χ4n) is 1.37. The van der Waals surface area contributed by atoms with E-state index in [1.54, 1.807) is 18.2 Å². The van der Waals surface area contributed by atoms with Gasteiger partial charge in [0.05, 0.1) is 8.66 Å². The summed E-state index contributed by atoms with van der Waals surface area (Å²) in [5.74, 6) is -1.62. The summed E-state index contributed by atoms with van der Waals surface area (Å²) in [6.45, 7) is -0.407. The van der Waals surface area contributed by atoms with Gasteiger partial charge in [-0.1, -0.05) is 12.1 Å². The van der Waals surface area contributed by atoms with Crippen LogP contribution in [0.3, 0.4) is 0 Å². The van der Waals surface area contributed by atoms with Gasteiger partial charge < -0.3 is 4.74 Å². The Balaban J connectivity index is 1.78. The van der Waals surface area contributed by atoms with Crippen LogP contribution in [-0.2, 0) is 4.79 Å². The number of benzene rings is 1. The molecule has 0 aliphatic heterocycles. The van der Waals surface area contributed by atoms with Crippen molar-refractivity contribution in [1.29, 1.82) is 0 Å². The van der Waals surface area contributed by atoms with Crippen molar-refractivity contribution in [2.24, 2.45) is 0 Å². The number of rotatable bonds is 4. The van der Waals surface area contributed by atoms with Crippen molar-refractivity contribution in [2.45, 2.75) is 0 Å². The number of hydrazine groups is 1. The number of para-hydroxylation sites is 1. The van der Waals surface area contributed by atoms with Gasteiger partial charge in [0.2, 0.25) is 0 Å². The van der Waals surface area contributed by atoms with Gasteiger partial charge in [0.25, 0.3) is 11.8 Å². The van der Waals surface area contributed by atoms with E-state index in [1.165, 1.54) is 29.5 Å². The molecule has 5 nitrogen and oxygen atoms in total. The highest BCUT2D eigenvalue weighted by Crippen LogP contribution is 2.21. The van der Waals surface area contributed by atoms with Gasteiger partial charge in [-0.25, -0.2) is 4.39 Å². The predicted molar refractivity (Wildman–Crippen MR) is 79.5 cm³/mol. The smallest absolute Gasteiger partial charge is 0.279 e. The van der Waals surface area contributed by atoms with E-state index in [0.29, 0.717) is 4.88 Å². The van der Waals surface area contributed by atoms with Crippen LogP contribution >= 0.6 is 27.3 Å². The Kier molecular flexibility index (Phi) is 5.29. The number of nitrogens with one attached hydrogen (secondary N) is 2. The zero-order valence-electron chi connectivity index (χ0n) is 10.6.